The molecule has 0 unspecified atom stereocenters. The fraction of sp³-hybridized carbons (Fsp3) is 0.562. The number of halogens is 1. The number of nitrogens with zero attached hydrogens (tertiary/aromatic N) is 3. The molecule has 9 heteroatoms. The van der Waals surface area contributed by atoms with Crippen molar-refractivity contribution < 1.29 is 8.42 Å². The summed E-state index contributed by atoms with van der Waals surface area (Å²) >= 11 is 5.93. The molecule has 0 bridgehead atoms. The van der Waals surface area contributed by atoms with Gasteiger partial charge in [-0.3, -0.25) is 4.99 Å². The van der Waals surface area contributed by atoms with Gasteiger partial charge in [-0.25, -0.2) is 13.1 Å². The van der Waals surface area contributed by atoms with Crippen LogP contribution >= 0.6 is 11.6 Å². The summed E-state index contributed by atoms with van der Waals surface area (Å²) in [7, 11) is -3.29. The molecule has 2 rings (SSSR count). The summed E-state index contributed by atoms with van der Waals surface area (Å²) < 4.78 is 25.3. The smallest absolute Gasteiger partial charge is 0.209 e. The summed E-state index contributed by atoms with van der Waals surface area (Å²) in [6.07, 6.45) is 1.14. The molecule has 0 amide bonds. The number of hydrogen-bond acceptors (Lipinski definition) is 4. The minimum absolute atomic E-state index is 0.281. The van der Waals surface area contributed by atoms with E-state index in [1.165, 1.54) is 0 Å². The van der Waals surface area contributed by atoms with Gasteiger partial charge in [0, 0.05) is 42.4 Å². The average molecular weight is 388 g/mol. The topological polar surface area (TPSA) is 91.0 Å². The summed E-state index contributed by atoms with van der Waals surface area (Å²) in [5.41, 5.74) is 6.55. The van der Waals surface area contributed by atoms with Crippen LogP contribution in [0.1, 0.15) is 13.8 Å². The Hall–Kier alpha value is -1.51. The molecule has 1 aromatic rings. The fourth-order valence-electron chi connectivity index (χ4n) is 2.76. The predicted molar refractivity (Wildman–Crippen MR) is 104 cm³/mol. The van der Waals surface area contributed by atoms with E-state index in [1.54, 1.807) is 13.8 Å². The van der Waals surface area contributed by atoms with Gasteiger partial charge in [-0.15, -0.1) is 0 Å². The predicted octanol–water partition coefficient (Wildman–Crippen LogP) is 1.10. The number of hydrogen-bond donors (Lipinski definition) is 2. The maximum Gasteiger partial charge on any atom is 0.209 e. The zero-order valence-electron chi connectivity index (χ0n) is 14.9. The third kappa shape index (κ3) is 6.37. The van der Waals surface area contributed by atoms with E-state index in [2.05, 4.69) is 14.6 Å². The molecular formula is C16H26ClN5O2S. The summed E-state index contributed by atoms with van der Waals surface area (Å²) in [6.45, 7) is 7.04. The first-order valence-corrected chi connectivity index (χ1v) is 10.4. The van der Waals surface area contributed by atoms with E-state index < -0.39 is 15.6 Å². The van der Waals surface area contributed by atoms with Crippen LogP contribution in [-0.2, 0) is 10.0 Å². The standard InChI is InChI=1S/C16H26ClN5O2S/c1-16(2,20-25(3,23)24)12-19-15(18)22-10-8-21(9-11-22)14-6-4-13(17)5-7-14/h4-7,20H,8-12H2,1-3H3,(H2,18,19). The van der Waals surface area contributed by atoms with Crippen LogP contribution in [0.3, 0.4) is 0 Å². The maximum atomic E-state index is 11.4. The second-order valence-corrected chi connectivity index (χ2v) is 9.07. The van der Waals surface area contributed by atoms with Crippen LogP contribution in [0, 0.1) is 0 Å². The van der Waals surface area contributed by atoms with Crippen LogP contribution < -0.4 is 15.4 Å². The van der Waals surface area contributed by atoms with E-state index in [0.29, 0.717) is 5.96 Å². The number of anilines is 1. The van der Waals surface area contributed by atoms with Gasteiger partial charge in [-0.2, -0.15) is 0 Å². The summed E-state index contributed by atoms with van der Waals surface area (Å²) in [4.78, 5) is 8.66. The lowest BCUT2D eigenvalue weighted by Crippen LogP contribution is -2.52. The Morgan fingerprint density at radius 3 is 2.32 bits per heavy atom. The van der Waals surface area contributed by atoms with E-state index in [0.717, 1.165) is 43.1 Å². The average Bonchev–Trinajstić information content (AvgIpc) is 2.51. The molecule has 1 aliphatic heterocycles. The van der Waals surface area contributed by atoms with E-state index >= 15 is 0 Å². The highest BCUT2D eigenvalue weighted by molar-refractivity contribution is 7.88. The van der Waals surface area contributed by atoms with Crippen LogP contribution in [0.25, 0.3) is 0 Å². The molecule has 3 N–H and O–H groups in total. The molecule has 1 aromatic carbocycles. The first-order valence-electron chi connectivity index (χ1n) is 8.10. The van der Waals surface area contributed by atoms with Crippen molar-refractivity contribution in [3.05, 3.63) is 29.3 Å². The second kappa shape index (κ2) is 7.80. The lowest BCUT2D eigenvalue weighted by Gasteiger charge is -2.37. The summed E-state index contributed by atoms with van der Waals surface area (Å²) in [6, 6.07) is 7.79. The van der Waals surface area contributed by atoms with Crippen molar-refractivity contribution in [2.24, 2.45) is 10.7 Å². The molecule has 0 atom stereocenters. The van der Waals surface area contributed by atoms with Gasteiger partial charge < -0.3 is 15.5 Å². The normalized spacial score (nSPS) is 17.0. The third-order valence-electron chi connectivity index (χ3n) is 3.89. The van der Waals surface area contributed by atoms with Crippen LogP contribution in [0.4, 0.5) is 5.69 Å². The molecule has 0 aromatic heterocycles. The van der Waals surface area contributed by atoms with Crippen molar-refractivity contribution >= 4 is 33.3 Å². The van der Waals surface area contributed by atoms with Gasteiger partial charge in [0.2, 0.25) is 10.0 Å². The first-order chi connectivity index (χ1) is 11.6. The number of guanidine groups is 1. The quantitative estimate of drug-likeness (QED) is 0.583. The Kier molecular flexibility index (Phi) is 6.18. The molecule has 1 heterocycles. The summed E-state index contributed by atoms with van der Waals surface area (Å²) in [5, 5.41) is 0.726. The van der Waals surface area contributed by atoms with Crippen LogP contribution in [0.15, 0.2) is 29.3 Å². The number of nitrogens with two attached hydrogens (primary N) is 1. The van der Waals surface area contributed by atoms with Crippen molar-refractivity contribution in [1.29, 1.82) is 0 Å². The van der Waals surface area contributed by atoms with Crippen molar-refractivity contribution in [2.75, 3.05) is 43.9 Å². The van der Waals surface area contributed by atoms with Gasteiger partial charge in [-0.05, 0) is 38.1 Å². The molecule has 0 aliphatic carbocycles. The third-order valence-corrected chi connectivity index (χ3v) is 5.07. The van der Waals surface area contributed by atoms with Gasteiger partial charge >= 0.3 is 0 Å². The Balaban J connectivity index is 1.90. The first kappa shape index (κ1) is 19.8. The fourth-order valence-corrected chi connectivity index (χ4v) is 3.95. The molecule has 1 aliphatic rings. The Bertz CT molecular complexity index is 711. The molecule has 140 valence electrons. The molecule has 0 spiro atoms. The lowest BCUT2D eigenvalue weighted by molar-refractivity contribution is 0.377. The molecule has 25 heavy (non-hydrogen) atoms. The molecule has 7 nitrogen and oxygen atoms in total. The highest BCUT2D eigenvalue weighted by atomic mass is 35.5. The molecular weight excluding hydrogens is 362 g/mol. The van der Waals surface area contributed by atoms with Crippen LogP contribution in [0.2, 0.25) is 5.02 Å². The number of aliphatic imine (C=N–C) groups is 1. The number of benzene rings is 1. The second-order valence-electron chi connectivity index (χ2n) is 6.88. The minimum Gasteiger partial charge on any atom is -0.370 e. The Labute approximate surface area is 154 Å². The molecule has 0 saturated carbocycles. The molecule has 0 radical (unpaired) electrons. The van der Waals surface area contributed by atoms with Crippen molar-refractivity contribution in [3.63, 3.8) is 0 Å². The van der Waals surface area contributed by atoms with Crippen molar-refractivity contribution in [3.8, 4) is 0 Å². The van der Waals surface area contributed by atoms with Crippen LogP contribution in [0.5, 0.6) is 0 Å². The van der Waals surface area contributed by atoms with Crippen LogP contribution in [-0.4, -0.2) is 63.8 Å². The minimum atomic E-state index is -3.29. The van der Waals surface area contributed by atoms with E-state index in [9.17, 15) is 8.42 Å². The van der Waals surface area contributed by atoms with E-state index in [4.69, 9.17) is 17.3 Å². The lowest BCUT2D eigenvalue weighted by atomic mass is 10.1. The van der Waals surface area contributed by atoms with E-state index in [1.807, 2.05) is 29.2 Å². The Morgan fingerprint density at radius 1 is 1.24 bits per heavy atom. The zero-order valence-corrected chi connectivity index (χ0v) is 16.4. The largest absolute Gasteiger partial charge is 0.370 e. The SMILES string of the molecule is CC(C)(CN=C(N)N1CCN(c2ccc(Cl)cc2)CC1)NS(C)(=O)=O. The summed E-state index contributed by atoms with van der Waals surface area (Å²) in [5.74, 6) is 0.444. The monoisotopic (exact) mass is 387 g/mol. The van der Waals surface area contributed by atoms with Gasteiger partial charge in [0.1, 0.15) is 0 Å². The van der Waals surface area contributed by atoms with E-state index in [-0.39, 0.29) is 6.54 Å². The highest BCUT2D eigenvalue weighted by Gasteiger charge is 2.23. The number of rotatable bonds is 5. The van der Waals surface area contributed by atoms with Crippen molar-refractivity contribution in [2.45, 2.75) is 19.4 Å². The maximum absolute atomic E-state index is 11.4. The van der Waals surface area contributed by atoms with Gasteiger partial charge in [0.25, 0.3) is 0 Å². The van der Waals surface area contributed by atoms with Gasteiger partial charge in [0.15, 0.2) is 5.96 Å². The molecule has 1 saturated heterocycles. The Morgan fingerprint density at radius 2 is 1.80 bits per heavy atom. The van der Waals surface area contributed by atoms with Crippen molar-refractivity contribution in [1.82, 2.24) is 9.62 Å². The highest BCUT2D eigenvalue weighted by Crippen LogP contribution is 2.19. The van der Waals surface area contributed by atoms with Gasteiger partial charge in [-0.1, -0.05) is 11.6 Å². The number of piperazine rings is 1. The zero-order chi connectivity index (χ0) is 18.7. The number of nitrogens with one attached hydrogen (secondary N) is 1. The molecule has 1 fully saturated rings. The number of sulfonamides is 1. The van der Waals surface area contributed by atoms with Gasteiger partial charge in [0.05, 0.1) is 12.8 Å².